The SMILES string of the molecule is CCC1(CC)CN(c2ccc(Cl)cc2)CCN1. The van der Waals surface area contributed by atoms with Crippen LogP contribution in [0.15, 0.2) is 24.3 Å². The summed E-state index contributed by atoms with van der Waals surface area (Å²) >= 11 is 5.93. The number of halogens is 1. The second kappa shape index (κ2) is 5.28. The summed E-state index contributed by atoms with van der Waals surface area (Å²) in [4.78, 5) is 2.46. The molecule has 1 fully saturated rings. The predicted octanol–water partition coefficient (Wildman–Crippen LogP) is 3.31. The molecule has 2 rings (SSSR count). The van der Waals surface area contributed by atoms with Crippen LogP contribution in [0.2, 0.25) is 5.02 Å². The largest absolute Gasteiger partial charge is 0.368 e. The van der Waals surface area contributed by atoms with Crippen molar-refractivity contribution in [3.05, 3.63) is 29.3 Å². The molecule has 0 spiro atoms. The monoisotopic (exact) mass is 252 g/mol. The maximum Gasteiger partial charge on any atom is 0.0407 e. The van der Waals surface area contributed by atoms with Crippen molar-refractivity contribution in [3.63, 3.8) is 0 Å². The van der Waals surface area contributed by atoms with Gasteiger partial charge in [0.15, 0.2) is 0 Å². The second-order valence-electron chi connectivity index (χ2n) is 4.81. The maximum absolute atomic E-state index is 5.93. The van der Waals surface area contributed by atoms with Crippen LogP contribution in [0.1, 0.15) is 26.7 Å². The van der Waals surface area contributed by atoms with Gasteiger partial charge < -0.3 is 10.2 Å². The van der Waals surface area contributed by atoms with E-state index in [9.17, 15) is 0 Å². The molecule has 1 saturated heterocycles. The van der Waals surface area contributed by atoms with Gasteiger partial charge in [-0.15, -0.1) is 0 Å². The van der Waals surface area contributed by atoms with Gasteiger partial charge in [-0.25, -0.2) is 0 Å². The fourth-order valence-electron chi connectivity index (χ4n) is 2.55. The predicted molar refractivity (Wildman–Crippen MR) is 75.0 cm³/mol. The maximum atomic E-state index is 5.93. The van der Waals surface area contributed by atoms with Crippen LogP contribution in [0.25, 0.3) is 0 Å². The lowest BCUT2D eigenvalue weighted by atomic mass is 9.90. The van der Waals surface area contributed by atoms with Crippen LogP contribution in [-0.2, 0) is 0 Å². The van der Waals surface area contributed by atoms with Gasteiger partial charge in [-0.1, -0.05) is 25.4 Å². The topological polar surface area (TPSA) is 15.3 Å². The fourth-order valence-corrected chi connectivity index (χ4v) is 2.68. The van der Waals surface area contributed by atoms with Gasteiger partial charge in [-0.2, -0.15) is 0 Å². The average molecular weight is 253 g/mol. The van der Waals surface area contributed by atoms with E-state index in [-0.39, 0.29) is 5.54 Å². The van der Waals surface area contributed by atoms with Crippen LogP contribution in [0.3, 0.4) is 0 Å². The van der Waals surface area contributed by atoms with Crippen molar-refractivity contribution < 1.29 is 0 Å². The van der Waals surface area contributed by atoms with Gasteiger partial charge >= 0.3 is 0 Å². The summed E-state index contributed by atoms with van der Waals surface area (Å²) in [6.45, 7) is 7.75. The van der Waals surface area contributed by atoms with E-state index in [0.717, 1.165) is 24.7 Å². The Kier molecular flexibility index (Phi) is 3.95. The third-order valence-electron chi connectivity index (χ3n) is 3.92. The number of nitrogens with one attached hydrogen (secondary N) is 1. The first-order chi connectivity index (χ1) is 8.19. The van der Waals surface area contributed by atoms with E-state index in [4.69, 9.17) is 11.6 Å². The summed E-state index contributed by atoms with van der Waals surface area (Å²) in [5.74, 6) is 0. The minimum atomic E-state index is 0.276. The van der Waals surface area contributed by atoms with Gasteiger partial charge in [0.2, 0.25) is 0 Å². The molecule has 1 heterocycles. The van der Waals surface area contributed by atoms with Crippen LogP contribution >= 0.6 is 11.6 Å². The third-order valence-corrected chi connectivity index (χ3v) is 4.17. The summed E-state index contributed by atoms with van der Waals surface area (Å²) in [7, 11) is 0. The molecular weight excluding hydrogens is 232 g/mol. The molecule has 0 bridgehead atoms. The summed E-state index contributed by atoms with van der Waals surface area (Å²) in [5, 5.41) is 4.48. The Morgan fingerprint density at radius 3 is 2.47 bits per heavy atom. The van der Waals surface area contributed by atoms with Crippen LogP contribution in [0, 0.1) is 0 Å². The molecule has 1 aliphatic heterocycles. The van der Waals surface area contributed by atoms with Crippen molar-refractivity contribution in [2.24, 2.45) is 0 Å². The third kappa shape index (κ3) is 2.75. The van der Waals surface area contributed by atoms with Gasteiger partial charge in [0.05, 0.1) is 0 Å². The van der Waals surface area contributed by atoms with Crippen LogP contribution in [0.5, 0.6) is 0 Å². The number of anilines is 1. The number of nitrogens with zero attached hydrogens (tertiary/aromatic N) is 1. The number of hydrogen-bond donors (Lipinski definition) is 1. The summed E-state index contributed by atoms with van der Waals surface area (Å²) in [6, 6.07) is 8.17. The number of rotatable bonds is 3. The molecular formula is C14H21ClN2. The van der Waals surface area contributed by atoms with Gasteiger partial charge in [0.1, 0.15) is 0 Å². The zero-order chi connectivity index (χ0) is 12.3. The average Bonchev–Trinajstić information content (AvgIpc) is 2.39. The van der Waals surface area contributed by atoms with Gasteiger partial charge in [-0.05, 0) is 37.1 Å². The Hall–Kier alpha value is -0.730. The highest BCUT2D eigenvalue weighted by atomic mass is 35.5. The van der Waals surface area contributed by atoms with Crippen LogP contribution in [0.4, 0.5) is 5.69 Å². The van der Waals surface area contributed by atoms with Crippen LogP contribution < -0.4 is 10.2 Å². The fraction of sp³-hybridized carbons (Fsp3) is 0.571. The lowest BCUT2D eigenvalue weighted by Gasteiger charge is -2.44. The molecule has 0 atom stereocenters. The van der Waals surface area contributed by atoms with E-state index in [1.807, 2.05) is 12.1 Å². The van der Waals surface area contributed by atoms with E-state index < -0.39 is 0 Å². The summed E-state index contributed by atoms with van der Waals surface area (Å²) in [5.41, 5.74) is 1.56. The number of piperazine rings is 1. The van der Waals surface area contributed by atoms with Crippen molar-refractivity contribution in [1.82, 2.24) is 5.32 Å². The summed E-state index contributed by atoms with van der Waals surface area (Å²) in [6.07, 6.45) is 2.35. The first kappa shape index (κ1) is 12.7. The Balaban J connectivity index is 2.14. The molecule has 0 saturated carbocycles. The van der Waals surface area contributed by atoms with Crippen molar-refractivity contribution in [2.75, 3.05) is 24.5 Å². The molecule has 0 unspecified atom stereocenters. The molecule has 1 aromatic carbocycles. The molecule has 0 aromatic heterocycles. The van der Waals surface area contributed by atoms with E-state index in [2.05, 4.69) is 36.2 Å². The van der Waals surface area contributed by atoms with Gasteiger partial charge in [0.25, 0.3) is 0 Å². The molecule has 3 heteroatoms. The van der Waals surface area contributed by atoms with Crippen molar-refractivity contribution >= 4 is 17.3 Å². The molecule has 0 radical (unpaired) electrons. The van der Waals surface area contributed by atoms with E-state index in [1.165, 1.54) is 18.5 Å². The molecule has 1 N–H and O–H groups in total. The highest BCUT2D eigenvalue weighted by molar-refractivity contribution is 6.30. The smallest absolute Gasteiger partial charge is 0.0407 e. The second-order valence-corrected chi connectivity index (χ2v) is 5.25. The Morgan fingerprint density at radius 1 is 1.24 bits per heavy atom. The number of benzene rings is 1. The van der Waals surface area contributed by atoms with Crippen molar-refractivity contribution in [1.29, 1.82) is 0 Å². The highest BCUT2D eigenvalue weighted by Crippen LogP contribution is 2.25. The van der Waals surface area contributed by atoms with Gasteiger partial charge in [0, 0.05) is 35.9 Å². The standard InChI is InChI=1S/C14H21ClN2/c1-3-14(4-2)11-17(10-9-16-14)13-7-5-12(15)6-8-13/h5-8,16H,3-4,9-11H2,1-2H3. The molecule has 1 aromatic rings. The minimum Gasteiger partial charge on any atom is -0.368 e. The lowest BCUT2D eigenvalue weighted by Crippen LogP contribution is -2.60. The molecule has 2 nitrogen and oxygen atoms in total. The van der Waals surface area contributed by atoms with E-state index in [1.54, 1.807) is 0 Å². The zero-order valence-corrected chi connectivity index (χ0v) is 11.4. The van der Waals surface area contributed by atoms with Crippen LogP contribution in [-0.4, -0.2) is 25.2 Å². The first-order valence-corrected chi connectivity index (χ1v) is 6.82. The van der Waals surface area contributed by atoms with Gasteiger partial charge in [-0.3, -0.25) is 0 Å². The quantitative estimate of drug-likeness (QED) is 0.888. The Morgan fingerprint density at radius 2 is 1.88 bits per heavy atom. The summed E-state index contributed by atoms with van der Waals surface area (Å²) < 4.78 is 0. The molecule has 0 aliphatic carbocycles. The van der Waals surface area contributed by atoms with E-state index in [0.29, 0.717) is 0 Å². The molecule has 1 aliphatic rings. The molecule has 0 amide bonds. The normalized spacial score (nSPS) is 19.4. The Bertz CT molecular complexity index is 357. The lowest BCUT2D eigenvalue weighted by molar-refractivity contribution is 0.277. The first-order valence-electron chi connectivity index (χ1n) is 6.44. The van der Waals surface area contributed by atoms with Crippen molar-refractivity contribution in [2.45, 2.75) is 32.2 Å². The number of hydrogen-bond acceptors (Lipinski definition) is 2. The zero-order valence-electron chi connectivity index (χ0n) is 10.7. The van der Waals surface area contributed by atoms with Crippen molar-refractivity contribution in [3.8, 4) is 0 Å². The minimum absolute atomic E-state index is 0.276. The van der Waals surface area contributed by atoms with E-state index >= 15 is 0 Å². The molecule has 17 heavy (non-hydrogen) atoms. The highest BCUT2D eigenvalue weighted by Gasteiger charge is 2.31. The molecule has 94 valence electrons. The Labute approximate surface area is 109 Å².